The lowest BCUT2D eigenvalue weighted by Crippen LogP contribution is -2.32. The van der Waals surface area contributed by atoms with Crippen LogP contribution < -0.4 is 0 Å². The first-order chi connectivity index (χ1) is 6.97. The molecule has 0 saturated heterocycles. The lowest BCUT2D eigenvalue weighted by Gasteiger charge is -2.25. The highest BCUT2D eigenvalue weighted by molar-refractivity contribution is 7.92. The van der Waals surface area contributed by atoms with Crippen LogP contribution in [0.1, 0.15) is 25.7 Å². The summed E-state index contributed by atoms with van der Waals surface area (Å²) < 4.78 is 23.1. The van der Waals surface area contributed by atoms with Crippen LogP contribution in [0.15, 0.2) is 0 Å². The van der Waals surface area contributed by atoms with Crippen molar-refractivity contribution >= 4 is 15.8 Å². The van der Waals surface area contributed by atoms with E-state index in [9.17, 15) is 13.2 Å². The average Bonchev–Trinajstić information content (AvgIpc) is 2.18. The Morgan fingerprint density at radius 3 is 2.13 bits per heavy atom. The zero-order valence-corrected chi connectivity index (χ0v) is 9.24. The maximum atomic E-state index is 11.6. The highest BCUT2D eigenvalue weighted by Crippen LogP contribution is 2.28. The first-order valence-electron chi connectivity index (χ1n) is 5.02. The van der Waals surface area contributed by atoms with Crippen LogP contribution in [0.3, 0.4) is 0 Å². The van der Waals surface area contributed by atoms with E-state index in [4.69, 9.17) is 10.2 Å². The topological polar surface area (TPSA) is 91.7 Å². The number of carboxylic acids is 1. The molecule has 0 radical (unpaired) electrons. The Morgan fingerprint density at radius 1 is 1.20 bits per heavy atom. The Balaban J connectivity index is 2.54. The van der Waals surface area contributed by atoms with Crippen LogP contribution in [-0.2, 0) is 14.6 Å². The van der Waals surface area contributed by atoms with E-state index in [1.807, 2.05) is 0 Å². The fourth-order valence-corrected chi connectivity index (χ4v) is 3.54. The lowest BCUT2D eigenvalue weighted by atomic mass is 9.89. The molecule has 0 aromatic rings. The Hall–Kier alpha value is -0.620. The van der Waals surface area contributed by atoms with Gasteiger partial charge in [-0.05, 0) is 25.7 Å². The number of hydrogen-bond acceptors (Lipinski definition) is 4. The molecule has 0 aromatic heterocycles. The van der Waals surface area contributed by atoms with Gasteiger partial charge in [0.1, 0.15) is 0 Å². The van der Waals surface area contributed by atoms with Gasteiger partial charge in [0.05, 0.1) is 23.5 Å². The van der Waals surface area contributed by atoms with Crippen LogP contribution in [0.4, 0.5) is 0 Å². The summed E-state index contributed by atoms with van der Waals surface area (Å²) in [5.74, 6) is -1.45. The number of hydrogen-bond donors (Lipinski definition) is 2. The molecular weight excluding hydrogens is 220 g/mol. The highest BCUT2D eigenvalue weighted by atomic mass is 32.2. The number of aliphatic carboxylic acids is 1. The molecule has 15 heavy (non-hydrogen) atoms. The van der Waals surface area contributed by atoms with Gasteiger partial charge in [-0.3, -0.25) is 4.79 Å². The van der Waals surface area contributed by atoms with Gasteiger partial charge in [0.2, 0.25) is 0 Å². The zero-order valence-electron chi connectivity index (χ0n) is 8.42. The van der Waals surface area contributed by atoms with Crippen molar-refractivity contribution in [2.24, 2.45) is 5.92 Å². The molecule has 1 rings (SSSR count). The van der Waals surface area contributed by atoms with E-state index in [-0.39, 0.29) is 12.4 Å². The van der Waals surface area contributed by atoms with Crippen LogP contribution in [0, 0.1) is 5.92 Å². The predicted octanol–water partition coefficient (Wildman–Crippen LogP) is 0.0369. The number of aliphatic hydroxyl groups is 1. The standard InChI is InChI=1S/C9H16O5S/c10-5-6-15(13,14)8-3-1-7(2-4-8)9(11)12/h7-8,10H,1-6H2,(H,11,12). The Bertz CT molecular complexity index is 313. The van der Waals surface area contributed by atoms with E-state index in [1.165, 1.54) is 0 Å². The largest absolute Gasteiger partial charge is 0.481 e. The summed E-state index contributed by atoms with van der Waals surface area (Å²) in [6.07, 6.45) is 1.65. The molecule has 0 heterocycles. The molecule has 1 aliphatic rings. The molecule has 0 bridgehead atoms. The molecule has 1 saturated carbocycles. The minimum atomic E-state index is -3.23. The van der Waals surface area contributed by atoms with E-state index < -0.39 is 27.0 Å². The number of aliphatic hydroxyl groups excluding tert-OH is 1. The van der Waals surface area contributed by atoms with Crippen molar-refractivity contribution in [1.82, 2.24) is 0 Å². The van der Waals surface area contributed by atoms with Gasteiger partial charge in [-0.15, -0.1) is 0 Å². The van der Waals surface area contributed by atoms with E-state index in [0.29, 0.717) is 25.7 Å². The summed E-state index contributed by atoms with van der Waals surface area (Å²) >= 11 is 0. The predicted molar refractivity (Wildman–Crippen MR) is 54.3 cm³/mol. The molecule has 0 unspecified atom stereocenters. The first-order valence-corrected chi connectivity index (χ1v) is 6.74. The molecular formula is C9H16O5S. The van der Waals surface area contributed by atoms with Gasteiger partial charge >= 0.3 is 5.97 Å². The Kier molecular flexibility index (Phi) is 4.10. The first kappa shape index (κ1) is 12.4. The van der Waals surface area contributed by atoms with Crippen molar-refractivity contribution in [1.29, 1.82) is 0 Å². The van der Waals surface area contributed by atoms with Crippen molar-refractivity contribution in [2.75, 3.05) is 12.4 Å². The lowest BCUT2D eigenvalue weighted by molar-refractivity contribution is -0.142. The van der Waals surface area contributed by atoms with Crippen molar-refractivity contribution in [2.45, 2.75) is 30.9 Å². The van der Waals surface area contributed by atoms with Crippen molar-refractivity contribution in [3.8, 4) is 0 Å². The van der Waals surface area contributed by atoms with E-state index in [0.717, 1.165) is 0 Å². The van der Waals surface area contributed by atoms with E-state index in [1.54, 1.807) is 0 Å². The summed E-state index contributed by atoms with van der Waals surface area (Å²) in [6.45, 7) is -0.360. The third-order valence-electron chi connectivity index (χ3n) is 2.91. The van der Waals surface area contributed by atoms with Gasteiger partial charge < -0.3 is 10.2 Å². The van der Waals surface area contributed by atoms with Crippen LogP contribution >= 0.6 is 0 Å². The van der Waals surface area contributed by atoms with Crippen molar-refractivity contribution < 1.29 is 23.4 Å². The van der Waals surface area contributed by atoms with Crippen LogP contribution in [-0.4, -0.2) is 42.2 Å². The van der Waals surface area contributed by atoms with Gasteiger partial charge in [-0.25, -0.2) is 8.42 Å². The van der Waals surface area contributed by atoms with Crippen molar-refractivity contribution in [3.05, 3.63) is 0 Å². The summed E-state index contributed by atoms with van der Waals surface area (Å²) in [6, 6.07) is 0. The SMILES string of the molecule is O=C(O)C1CCC(S(=O)(=O)CCO)CC1. The fraction of sp³-hybridized carbons (Fsp3) is 0.889. The molecule has 2 N–H and O–H groups in total. The molecule has 1 aliphatic carbocycles. The van der Waals surface area contributed by atoms with Crippen molar-refractivity contribution in [3.63, 3.8) is 0 Å². The summed E-state index contributed by atoms with van der Waals surface area (Å²) in [5.41, 5.74) is 0. The number of sulfone groups is 1. The monoisotopic (exact) mass is 236 g/mol. The van der Waals surface area contributed by atoms with Gasteiger partial charge in [0.15, 0.2) is 9.84 Å². The summed E-state index contributed by atoms with van der Waals surface area (Å²) in [7, 11) is -3.23. The molecule has 0 atom stereocenters. The number of carbonyl (C=O) groups is 1. The quantitative estimate of drug-likeness (QED) is 0.719. The molecule has 88 valence electrons. The average molecular weight is 236 g/mol. The molecule has 1 fully saturated rings. The molecule has 0 amide bonds. The second-order valence-electron chi connectivity index (χ2n) is 3.90. The molecule has 0 spiro atoms. The molecule has 6 heteroatoms. The normalized spacial score (nSPS) is 27.5. The minimum absolute atomic E-state index is 0.213. The molecule has 0 aliphatic heterocycles. The van der Waals surface area contributed by atoms with Gasteiger partial charge in [-0.2, -0.15) is 0 Å². The second-order valence-corrected chi connectivity index (χ2v) is 6.30. The van der Waals surface area contributed by atoms with Crippen LogP contribution in [0.25, 0.3) is 0 Å². The maximum Gasteiger partial charge on any atom is 0.306 e. The fourth-order valence-electron chi connectivity index (χ4n) is 1.96. The summed E-state index contributed by atoms with van der Waals surface area (Å²) in [5, 5.41) is 16.9. The van der Waals surface area contributed by atoms with Crippen LogP contribution in [0.2, 0.25) is 0 Å². The second kappa shape index (κ2) is 4.94. The smallest absolute Gasteiger partial charge is 0.306 e. The summed E-state index contributed by atoms with van der Waals surface area (Å²) in [4.78, 5) is 10.6. The molecule has 5 nitrogen and oxygen atoms in total. The van der Waals surface area contributed by atoms with Gasteiger partial charge in [-0.1, -0.05) is 0 Å². The van der Waals surface area contributed by atoms with E-state index in [2.05, 4.69) is 0 Å². The third-order valence-corrected chi connectivity index (χ3v) is 5.15. The molecule has 0 aromatic carbocycles. The third kappa shape index (κ3) is 3.17. The van der Waals surface area contributed by atoms with E-state index >= 15 is 0 Å². The highest BCUT2D eigenvalue weighted by Gasteiger charge is 2.32. The van der Waals surface area contributed by atoms with Crippen LogP contribution in [0.5, 0.6) is 0 Å². The van der Waals surface area contributed by atoms with Gasteiger partial charge in [0.25, 0.3) is 0 Å². The minimum Gasteiger partial charge on any atom is -0.481 e. The maximum absolute atomic E-state index is 11.6. The number of rotatable bonds is 4. The zero-order chi connectivity index (χ0) is 11.5. The Morgan fingerprint density at radius 2 is 1.73 bits per heavy atom. The number of carboxylic acid groups (broad SMARTS) is 1. The van der Waals surface area contributed by atoms with Gasteiger partial charge in [0, 0.05) is 0 Å². The Labute approximate surface area is 89.0 Å².